The van der Waals surface area contributed by atoms with Crippen molar-refractivity contribution in [1.29, 1.82) is 0 Å². The third-order valence-electron chi connectivity index (χ3n) is 4.38. The van der Waals surface area contributed by atoms with E-state index in [1.54, 1.807) is 4.90 Å². The van der Waals surface area contributed by atoms with Crippen LogP contribution in [0.2, 0.25) is 0 Å². The van der Waals surface area contributed by atoms with Gasteiger partial charge in [0.25, 0.3) is 0 Å². The maximum Gasteiger partial charge on any atom is 0.222 e. The first-order chi connectivity index (χ1) is 9.10. The van der Waals surface area contributed by atoms with E-state index >= 15 is 0 Å². The first-order valence-corrected chi connectivity index (χ1v) is 7.74. The summed E-state index contributed by atoms with van der Waals surface area (Å²) in [7, 11) is 3.65. The second-order valence-corrected chi connectivity index (χ2v) is 5.87. The van der Waals surface area contributed by atoms with Crippen LogP contribution >= 0.6 is 0 Å². The van der Waals surface area contributed by atoms with Crippen molar-refractivity contribution >= 4 is 5.91 Å². The minimum absolute atomic E-state index is 0.232. The Kier molecular flexibility index (Phi) is 7.39. The minimum Gasteiger partial charge on any atom is -0.349 e. The Bertz CT molecular complexity index is 268. The van der Waals surface area contributed by atoms with Crippen LogP contribution in [0.15, 0.2) is 0 Å². The molecule has 4 heteroatoms. The van der Waals surface area contributed by atoms with E-state index in [2.05, 4.69) is 11.8 Å². The summed E-state index contributed by atoms with van der Waals surface area (Å²) in [5.74, 6) is 0.883. The molecule has 1 rings (SSSR count). The van der Waals surface area contributed by atoms with E-state index in [0.29, 0.717) is 18.4 Å². The van der Waals surface area contributed by atoms with E-state index in [0.717, 1.165) is 26.1 Å². The van der Waals surface area contributed by atoms with E-state index in [-0.39, 0.29) is 5.91 Å². The molecule has 2 atom stereocenters. The van der Waals surface area contributed by atoms with Gasteiger partial charge in [0, 0.05) is 26.6 Å². The van der Waals surface area contributed by atoms with Crippen LogP contribution in [0.3, 0.4) is 0 Å². The van der Waals surface area contributed by atoms with Gasteiger partial charge in [-0.15, -0.1) is 0 Å². The molecule has 1 aliphatic carbocycles. The van der Waals surface area contributed by atoms with Gasteiger partial charge in [-0.25, -0.2) is 0 Å². The van der Waals surface area contributed by atoms with Crippen LogP contribution in [0.25, 0.3) is 0 Å². The summed E-state index contributed by atoms with van der Waals surface area (Å²) in [4.78, 5) is 15.8. The number of hydrogen-bond acceptors (Lipinski definition) is 3. The van der Waals surface area contributed by atoms with Gasteiger partial charge in [-0.05, 0) is 44.8 Å². The topological polar surface area (TPSA) is 49.6 Å². The SMILES string of the molecule is CCN(CCCC(=O)N(C)C)C1CCCCC1CN. The summed E-state index contributed by atoms with van der Waals surface area (Å²) in [6, 6.07) is 0.637. The van der Waals surface area contributed by atoms with Crippen LogP contribution in [0.5, 0.6) is 0 Å². The molecule has 1 fully saturated rings. The maximum absolute atomic E-state index is 11.6. The van der Waals surface area contributed by atoms with Gasteiger partial charge in [0.1, 0.15) is 0 Å². The number of carbonyl (C=O) groups excluding carboxylic acids is 1. The molecule has 0 spiro atoms. The Morgan fingerprint density at radius 1 is 1.26 bits per heavy atom. The molecule has 19 heavy (non-hydrogen) atoms. The molecule has 0 aliphatic heterocycles. The molecule has 112 valence electrons. The van der Waals surface area contributed by atoms with Crippen molar-refractivity contribution in [3.05, 3.63) is 0 Å². The smallest absolute Gasteiger partial charge is 0.222 e. The van der Waals surface area contributed by atoms with E-state index < -0.39 is 0 Å². The highest BCUT2D eigenvalue weighted by atomic mass is 16.2. The zero-order valence-corrected chi connectivity index (χ0v) is 12.9. The van der Waals surface area contributed by atoms with E-state index in [4.69, 9.17) is 5.73 Å². The molecule has 1 saturated carbocycles. The van der Waals surface area contributed by atoms with E-state index in [9.17, 15) is 4.79 Å². The second-order valence-electron chi connectivity index (χ2n) is 5.87. The second kappa shape index (κ2) is 8.54. The molecule has 2 unspecified atom stereocenters. The number of nitrogens with two attached hydrogens (primary N) is 1. The number of amides is 1. The highest BCUT2D eigenvalue weighted by molar-refractivity contribution is 5.75. The molecular formula is C15H31N3O. The van der Waals surface area contributed by atoms with Crippen molar-refractivity contribution in [2.45, 2.75) is 51.5 Å². The fourth-order valence-electron chi connectivity index (χ4n) is 3.16. The van der Waals surface area contributed by atoms with Crippen molar-refractivity contribution in [2.75, 3.05) is 33.7 Å². The Balaban J connectivity index is 2.41. The largest absolute Gasteiger partial charge is 0.349 e. The van der Waals surface area contributed by atoms with Gasteiger partial charge >= 0.3 is 0 Å². The molecule has 0 aromatic heterocycles. The quantitative estimate of drug-likeness (QED) is 0.765. The number of carbonyl (C=O) groups is 1. The maximum atomic E-state index is 11.6. The van der Waals surface area contributed by atoms with Crippen LogP contribution in [0.1, 0.15) is 45.4 Å². The van der Waals surface area contributed by atoms with Crippen LogP contribution in [0, 0.1) is 5.92 Å². The third-order valence-corrected chi connectivity index (χ3v) is 4.38. The molecule has 1 amide bonds. The van der Waals surface area contributed by atoms with Crippen molar-refractivity contribution in [2.24, 2.45) is 11.7 Å². The standard InChI is InChI=1S/C15H31N3O/c1-4-18(11-7-10-15(19)17(2)3)14-9-6-5-8-13(14)12-16/h13-14H,4-12,16H2,1-3H3. The van der Waals surface area contributed by atoms with Crippen LogP contribution in [0.4, 0.5) is 0 Å². The molecule has 0 aromatic carbocycles. The Hall–Kier alpha value is -0.610. The Labute approximate surface area is 118 Å². The normalized spacial score (nSPS) is 23.6. The number of nitrogens with zero attached hydrogens (tertiary/aromatic N) is 2. The van der Waals surface area contributed by atoms with E-state index in [1.165, 1.54) is 25.7 Å². The minimum atomic E-state index is 0.232. The molecule has 0 radical (unpaired) electrons. The van der Waals surface area contributed by atoms with Gasteiger partial charge in [-0.1, -0.05) is 19.8 Å². The molecule has 0 aromatic rings. The number of hydrogen-bond donors (Lipinski definition) is 1. The van der Waals surface area contributed by atoms with Crippen LogP contribution < -0.4 is 5.73 Å². The third kappa shape index (κ3) is 5.11. The highest BCUT2D eigenvalue weighted by Crippen LogP contribution is 2.28. The van der Waals surface area contributed by atoms with Crippen molar-refractivity contribution < 1.29 is 4.79 Å². The summed E-state index contributed by atoms with van der Waals surface area (Å²) < 4.78 is 0. The lowest BCUT2D eigenvalue weighted by Gasteiger charge is -2.39. The molecule has 4 nitrogen and oxygen atoms in total. The summed E-state index contributed by atoms with van der Waals surface area (Å²) in [6.45, 7) is 5.11. The predicted molar refractivity (Wildman–Crippen MR) is 80.0 cm³/mol. The molecule has 0 heterocycles. The summed E-state index contributed by atoms with van der Waals surface area (Å²) >= 11 is 0. The summed E-state index contributed by atoms with van der Waals surface area (Å²) in [5, 5.41) is 0. The Morgan fingerprint density at radius 3 is 2.53 bits per heavy atom. The van der Waals surface area contributed by atoms with Gasteiger partial charge in [0.15, 0.2) is 0 Å². The molecule has 0 bridgehead atoms. The van der Waals surface area contributed by atoms with Gasteiger partial charge in [0.2, 0.25) is 5.91 Å². The zero-order chi connectivity index (χ0) is 14.3. The predicted octanol–water partition coefficient (Wildman–Crippen LogP) is 1.69. The summed E-state index contributed by atoms with van der Waals surface area (Å²) in [5.41, 5.74) is 5.92. The van der Waals surface area contributed by atoms with Crippen molar-refractivity contribution in [3.63, 3.8) is 0 Å². The molecular weight excluding hydrogens is 238 g/mol. The fraction of sp³-hybridized carbons (Fsp3) is 0.933. The van der Waals surface area contributed by atoms with Gasteiger partial charge in [-0.3, -0.25) is 4.79 Å². The van der Waals surface area contributed by atoms with Crippen molar-refractivity contribution in [1.82, 2.24) is 9.80 Å². The van der Waals surface area contributed by atoms with Gasteiger partial charge < -0.3 is 15.5 Å². The average Bonchev–Trinajstić information content (AvgIpc) is 2.43. The number of rotatable bonds is 7. The molecule has 2 N–H and O–H groups in total. The highest BCUT2D eigenvalue weighted by Gasteiger charge is 2.28. The van der Waals surface area contributed by atoms with Crippen molar-refractivity contribution in [3.8, 4) is 0 Å². The van der Waals surface area contributed by atoms with Crippen LogP contribution in [-0.2, 0) is 4.79 Å². The monoisotopic (exact) mass is 269 g/mol. The fourth-order valence-corrected chi connectivity index (χ4v) is 3.16. The van der Waals surface area contributed by atoms with Crippen LogP contribution in [-0.4, -0.2) is 55.5 Å². The van der Waals surface area contributed by atoms with Gasteiger partial charge in [-0.2, -0.15) is 0 Å². The van der Waals surface area contributed by atoms with Gasteiger partial charge in [0.05, 0.1) is 0 Å². The Morgan fingerprint density at radius 2 is 1.95 bits per heavy atom. The molecule has 1 aliphatic rings. The lowest BCUT2D eigenvalue weighted by Crippen LogP contribution is -2.45. The van der Waals surface area contributed by atoms with E-state index in [1.807, 2.05) is 14.1 Å². The first-order valence-electron chi connectivity index (χ1n) is 7.74. The summed E-state index contributed by atoms with van der Waals surface area (Å²) in [6.07, 6.45) is 6.82. The average molecular weight is 269 g/mol. The lowest BCUT2D eigenvalue weighted by atomic mass is 9.83. The molecule has 0 saturated heterocycles. The zero-order valence-electron chi connectivity index (χ0n) is 12.9. The lowest BCUT2D eigenvalue weighted by molar-refractivity contribution is -0.128. The first kappa shape index (κ1) is 16.4.